The summed E-state index contributed by atoms with van der Waals surface area (Å²) in [6, 6.07) is 8.63. The van der Waals surface area contributed by atoms with Crippen LogP contribution in [0.5, 0.6) is 0 Å². The van der Waals surface area contributed by atoms with E-state index < -0.39 is 5.41 Å². The van der Waals surface area contributed by atoms with Gasteiger partial charge in [0.05, 0.1) is 35.3 Å². The van der Waals surface area contributed by atoms with Gasteiger partial charge in [-0.3, -0.25) is 9.89 Å². The lowest BCUT2D eigenvalue weighted by molar-refractivity contribution is -0.133. The van der Waals surface area contributed by atoms with E-state index in [1.54, 1.807) is 24.5 Å². The van der Waals surface area contributed by atoms with E-state index in [4.69, 9.17) is 4.74 Å². The van der Waals surface area contributed by atoms with Gasteiger partial charge in [-0.1, -0.05) is 18.2 Å². The van der Waals surface area contributed by atoms with E-state index in [0.717, 1.165) is 17.5 Å². The van der Waals surface area contributed by atoms with Gasteiger partial charge in [0.25, 0.3) is 0 Å². The quantitative estimate of drug-likeness (QED) is 0.691. The average molecular weight is 395 g/mol. The minimum atomic E-state index is -0.690. The van der Waals surface area contributed by atoms with Crippen molar-refractivity contribution in [2.75, 3.05) is 31.2 Å². The van der Waals surface area contributed by atoms with Crippen LogP contribution in [0.15, 0.2) is 42.7 Å². The van der Waals surface area contributed by atoms with E-state index in [-0.39, 0.29) is 17.8 Å². The third kappa shape index (κ3) is 3.23. The van der Waals surface area contributed by atoms with E-state index >= 15 is 0 Å². The fourth-order valence-electron chi connectivity index (χ4n) is 4.30. The fourth-order valence-corrected chi connectivity index (χ4v) is 4.30. The highest BCUT2D eigenvalue weighted by Gasteiger charge is 2.50. The van der Waals surface area contributed by atoms with Gasteiger partial charge < -0.3 is 15.0 Å². The number of amides is 1. The van der Waals surface area contributed by atoms with Crippen molar-refractivity contribution in [3.63, 3.8) is 0 Å². The molecular weight excluding hydrogens is 373 g/mol. The lowest BCUT2D eigenvalue weighted by atomic mass is 9.73. The highest BCUT2D eigenvalue weighted by molar-refractivity contribution is 5.92. The number of carbonyl (C=O) groups is 1. The zero-order valence-electron chi connectivity index (χ0n) is 15.9. The Morgan fingerprint density at radius 3 is 3.00 bits per heavy atom. The molecule has 1 amide bonds. The van der Waals surface area contributed by atoms with Crippen molar-refractivity contribution in [2.45, 2.75) is 18.9 Å². The number of anilines is 1. The number of aromatic amines is 1. The van der Waals surface area contributed by atoms with Crippen molar-refractivity contribution in [2.24, 2.45) is 5.41 Å². The number of fused-ring (bicyclic) bond motifs is 1. The number of halogens is 1. The molecule has 2 aromatic heterocycles. The minimum absolute atomic E-state index is 0.0237. The van der Waals surface area contributed by atoms with Crippen molar-refractivity contribution in [3.8, 4) is 0 Å². The van der Waals surface area contributed by atoms with Gasteiger partial charge in [-0.2, -0.15) is 5.10 Å². The Morgan fingerprint density at radius 1 is 1.34 bits per heavy atom. The first-order valence-electron chi connectivity index (χ1n) is 9.80. The summed E-state index contributed by atoms with van der Waals surface area (Å²) in [5, 5.41) is 11.0. The van der Waals surface area contributed by atoms with Crippen LogP contribution in [-0.2, 0) is 16.0 Å². The Hall–Kier alpha value is -3.00. The Balaban J connectivity index is 1.42. The van der Waals surface area contributed by atoms with Crippen LogP contribution in [0.1, 0.15) is 12.0 Å². The summed E-state index contributed by atoms with van der Waals surface area (Å²) in [7, 11) is 0. The Labute approximate surface area is 167 Å². The summed E-state index contributed by atoms with van der Waals surface area (Å²) < 4.78 is 19.7. The average Bonchev–Trinajstić information content (AvgIpc) is 3.37. The number of carbonyl (C=O) groups excluding carboxylic acids is 1. The summed E-state index contributed by atoms with van der Waals surface area (Å²) >= 11 is 0. The van der Waals surface area contributed by atoms with Crippen LogP contribution in [0.3, 0.4) is 0 Å². The van der Waals surface area contributed by atoms with Gasteiger partial charge in [-0.15, -0.1) is 0 Å². The number of nitrogens with zero attached hydrogens (tertiary/aromatic N) is 3. The van der Waals surface area contributed by atoms with Crippen LogP contribution in [0, 0.1) is 11.2 Å². The van der Waals surface area contributed by atoms with E-state index in [0.29, 0.717) is 43.9 Å². The van der Waals surface area contributed by atoms with Gasteiger partial charge >= 0.3 is 0 Å². The van der Waals surface area contributed by atoms with Crippen molar-refractivity contribution < 1.29 is 13.9 Å². The first kappa shape index (κ1) is 18.1. The minimum Gasteiger partial charge on any atom is -0.379 e. The number of ether oxygens (including phenoxy) is 1. The molecule has 0 bridgehead atoms. The zero-order valence-corrected chi connectivity index (χ0v) is 15.9. The maximum atomic E-state index is 14.3. The molecule has 5 rings (SSSR count). The Bertz CT molecular complexity index is 1040. The molecule has 0 spiro atoms. The topological polar surface area (TPSA) is 83.1 Å². The maximum absolute atomic E-state index is 14.3. The van der Waals surface area contributed by atoms with Gasteiger partial charge in [0.15, 0.2) is 5.65 Å². The Kier molecular flexibility index (Phi) is 4.43. The number of aromatic nitrogens is 3. The first-order chi connectivity index (χ1) is 14.1. The van der Waals surface area contributed by atoms with E-state index in [1.165, 1.54) is 6.07 Å². The molecule has 150 valence electrons. The molecule has 3 aromatic rings. The maximum Gasteiger partial charge on any atom is 0.230 e. The third-order valence-corrected chi connectivity index (χ3v) is 5.89. The molecule has 1 aromatic carbocycles. The Morgan fingerprint density at radius 2 is 2.21 bits per heavy atom. The van der Waals surface area contributed by atoms with Crippen LogP contribution in [-0.4, -0.2) is 53.4 Å². The number of benzene rings is 1. The molecule has 29 heavy (non-hydrogen) atoms. The van der Waals surface area contributed by atoms with Crippen LogP contribution in [0.2, 0.25) is 0 Å². The standard InChI is InChI=1S/C21H22FN5O2/c22-17-4-2-1-3-14(17)9-21(20(28)25-15-6-8-29-11-15)12-27(13-21)18-5-7-23-19-16(18)10-24-26-19/h1-5,7,10,15H,6,8-9,11-13H2,(H,25,28)(H,23,24,26). The molecule has 2 N–H and O–H groups in total. The van der Waals surface area contributed by atoms with Crippen molar-refractivity contribution in [1.82, 2.24) is 20.5 Å². The number of nitrogens with one attached hydrogen (secondary N) is 2. The molecule has 2 fully saturated rings. The molecule has 7 nitrogen and oxygen atoms in total. The molecule has 1 unspecified atom stereocenters. The van der Waals surface area contributed by atoms with Crippen LogP contribution >= 0.6 is 0 Å². The third-order valence-electron chi connectivity index (χ3n) is 5.89. The van der Waals surface area contributed by atoms with Crippen molar-refractivity contribution in [3.05, 3.63) is 54.1 Å². The van der Waals surface area contributed by atoms with Gasteiger partial charge in [-0.25, -0.2) is 9.37 Å². The summed E-state index contributed by atoms with van der Waals surface area (Å²) in [6.45, 7) is 2.20. The molecule has 2 saturated heterocycles. The SMILES string of the molecule is O=C(NC1CCOC1)C1(Cc2ccccc2F)CN(c2ccnc3[nH]ncc23)C1. The summed E-state index contributed by atoms with van der Waals surface area (Å²) in [5.74, 6) is -0.312. The van der Waals surface area contributed by atoms with E-state index in [1.807, 2.05) is 12.1 Å². The van der Waals surface area contributed by atoms with Gasteiger partial charge in [-0.05, 0) is 30.5 Å². The second-order valence-electron chi connectivity index (χ2n) is 7.90. The van der Waals surface area contributed by atoms with Gasteiger partial charge in [0.1, 0.15) is 5.82 Å². The normalized spacial score (nSPS) is 20.6. The lowest BCUT2D eigenvalue weighted by Crippen LogP contribution is -2.65. The zero-order chi connectivity index (χ0) is 19.8. The fraction of sp³-hybridized carbons (Fsp3) is 0.381. The largest absolute Gasteiger partial charge is 0.379 e. The molecule has 0 radical (unpaired) electrons. The lowest BCUT2D eigenvalue weighted by Gasteiger charge is -2.50. The molecule has 8 heteroatoms. The molecule has 4 heterocycles. The van der Waals surface area contributed by atoms with Crippen molar-refractivity contribution in [1.29, 1.82) is 0 Å². The number of pyridine rings is 1. The molecular formula is C21H22FN5O2. The molecule has 0 aliphatic carbocycles. The predicted octanol–water partition coefficient (Wildman–Crippen LogP) is 2.05. The smallest absolute Gasteiger partial charge is 0.230 e. The number of rotatable bonds is 5. The number of hydrogen-bond acceptors (Lipinski definition) is 5. The van der Waals surface area contributed by atoms with Crippen LogP contribution in [0.4, 0.5) is 10.1 Å². The summed E-state index contributed by atoms with van der Waals surface area (Å²) in [5.41, 5.74) is 1.56. The molecule has 1 atom stereocenters. The van der Waals surface area contributed by atoms with Gasteiger partial charge in [0.2, 0.25) is 5.91 Å². The van der Waals surface area contributed by atoms with E-state index in [9.17, 15) is 9.18 Å². The summed E-state index contributed by atoms with van der Waals surface area (Å²) in [4.78, 5) is 19.7. The first-order valence-corrected chi connectivity index (χ1v) is 9.80. The number of hydrogen-bond donors (Lipinski definition) is 2. The molecule has 0 saturated carbocycles. The second-order valence-corrected chi connectivity index (χ2v) is 7.90. The highest BCUT2D eigenvalue weighted by Crippen LogP contribution is 2.40. The highest BCUT2D eigenvalue weighted by atomic mass is 19.1. The number of H-pyrrole nitrogens is 1. The van der Waals surface area contributed by atoms with E-state index in [2.05, 4.69) is 25.4 Å². The van der Waals surface area contributed by atoms with Crippen LogP contribution in [0.25, 0.3) is 11.0 Å². The summed E-state index contributed by atoms with van der Waals surface area (Å²) in [6.07, 6.45) is 4.63. The predicted molar refractivity (Wildman–Crippen MR) is 106 cm³/mol. The second kappa shape index (κ2) is 7.11. The molecule has 2 aliphatic heterocycles. The van der Waals surface area contributed by atoms with Crippen molar-refractivity contribution >= 4 is 22.6 Å². The van der Waals surface area contributed by atoms with Crippen LogP contribution < -0.4 is 10.2 Å². The molecule has 2 aliphatic rings. The monoisotopic (exact) mass is 395 g/mol. The van der Waals surface area contributed by atoms with Gasteiger partial charge in [0, 0.05) is 25.9 Å².